The Bertz CT molecular complexity index is 514. The molecular weight excluding hydrogens is 262 g/mol. The van der Waals surface area contributed by atoms with Crippen LogP contribution < -0.4 is 5.32 Å². The van der Waals surface area contributed by atoms with Crippen LogP contribution in [-0.2, 0) is 17.3 Å². The normalized spacial score (nSPS) is 30.1. The molecule has 3 atom stereocenters. The number of nitrogens with one attached hydrogen (secondary N) is 1. The van der Waals surface area contributed by atoms with Gasteiger partial charge < -0.3 is 10.1 Å². The highest BCUT2D eigenvalue weighted by atomic mass is 19.4. The number of alkyl halides is 3. The first-order valence-corrected chi connectivity index (χ1v) is 6.14. The molecular formula is C13H13F4NO. The maximum Gasteiger partial charge on any atom is 0.419 e. The molecule has 1 N–H and O–H groups in total. The van der Waals surface area contributed by atoms with Crippen LogP contribution in [0.2, 0.25) is 0 Å². The summed E-state index contributed by atoms with van der Waals surface area (Å²) >= 11 is 0. The maximum atomic E-state index is 13.6. The van der Waals surface area contributed by atoms with Gasteiger partial charge in [-0.3, -0.25) is 0 Å². The van der Waals surface area contributed by atoms with E-state index in [-0.39, 0.29) is 18.2 Å². The first kappa shape index (κ1) is 12.9. The van der Waals surface area contributed by atoms with Gasteiger partial charge >= 0.3 is 6.18 Å². The Hall–Kier alpha value is -1.14. The first-order valence-electron chi connectivity index (χ1n) is 6.14. The number of halogens is 4. The number of hydrogen-bond acceptors (Lipinski definition) is 2. The van der Waals surface area contributed by atoms with Crippen LogP contribution in [0.1, 0.15) is 29.7 Å². The molecule has 1 aromatic carbocycles. The Morgan fingerprint density at radius 2 is 2.05 bits per heavy atom. The topological polar surface area (TPSA) is 21.3 Å². The van der Waals surface area contributed by atoms with Crippen LogP contribution in [0.5, 0.6) is 0 Å². The van der Waals surface area contributed by atoms with E-state index in [1.165, 1.54) is 0 Å². The minimum absolute atomic E-state index is 0.0162. The van der Waals surface area contributed by atoms with E-state index in [9.17, 15) is 17.6 Å². The minimum atomic E-state index is -4.66. The second-order valence-electron chi connectivity index (χ2n) is 5.10. The number of benzene rings is 1. The summed E-state index contributed by atoms with van der Waals surface area (Å²) in [5, 5.41) is 3.20. The zero-order valence-corrected chi connectivity index (χ0v) is 10.2. The highest BCUT2D eigenvalue weighted by Crippen LogP contribution is 2.40. The number of fused-ring (bicyclic) bond motifs is 3. The van der Waals surface area contributed by atoms with Gasteiger partial charge in [0.1, 0.15) is 5.82 Å². The molecule has 2 aliphatic rings. The largest absolute Gasteiger partial charge is 0.419 e. The molecule has 1 aliphatic heterocycles. The highest BCUT2D eigenvalue weighted by molar-refractivity contribution is 5.41. The third-order valence-electron chi connectivity index (χ3n) is 3.69. The summed E-state index contributed by atoms with van der Waals surface area (Å²) in [6, 6.07) is 1.71. The van der Waals surface area contributed by atoms with E-state index in [1.807, 2.05) is 6.92 Å². The van der Waals surface area contributed by atoms with Crippen LogP contribution in [0.4, 0.5) is 17.6 Å². The molecule has 0 bridgehead atoms. The Morgan fingerprint density at radius 1 is 1.32 bits per heavy atom. The zero-order valence-electron chi connectivity index (χ0n) is 10.2. The molecule has 104 valence electrons. The maximum absolute atomic E-state index is 13.6. The van der Waals surface area contributed by atoms with Gasteiger partial charge in [0.2, 0.25) is 0 Å². The summed E-state index contributed by atoms with van der Waals surface area (Å²) < 4.78 is 57.3. The Morgan fingerprint density at radius 3 is 2.74 bits per heavy atom. The summed E-state index contributed by atoms with van der Waals surface area (Å²) in [5.74, 6) is -1.22. The van der Waals surface area contributed by atoms with Crippen LogP contribution in [-0.4, -0.2) is 18.8 Å². The van der Waals surface area contributed by atoms with Crippen LogP contribution in [0.3, 0.4) is 0 Å². The Labute approximate surface area is 107 Å². The number of hydrogen-bond donors (Lipinski definition) is 1. The van der Waals surface area contributed by atoms with E-state index in [1.54, 1.807) is 0 Å². The van der Waals surface area contributed by atoms with Gasteiger partial charge in [0.25, 0.3) is 0 Å². The van der Waals surface area contributed by atoms with Gasteiger partial charge in [-0.05, 0) is 30.2 Å². The van der Waals surface area contributed by atoms with Gasteiger partial charge in [-0.25, -0.2) is 4.39 Å². The van der Waals surface area contributed by atoms with Crippen molar-refractivity contribution in [2.45, 2.75) is 37.8 Å². The van der Waals surface area contributed by atoms with Crippen molar-refractivity contribution in [1.82, 2.24) is 5.32 Å². The van der Waals surface area contributed by atoms with Crippen LogP contribution >= 0.6 is 0 Å². The molecule has 6 heteroatoms. The van der Waals surface area contributed by atoms with Crippen LogP contribution in [0.25, 0.3) is 0 Å². The quantitative estimate of drug-likeness (QED) is 0.735. The van der Waals surface area contributed by atoms with Crippen molar-refractivity contribution in [2.24, 2.45) is 0 Å². The van der Waals surface area contributed by atoms with Crippen LogP contribution in [0, 0.1) is 5.82 Å². The lowest BCUT2D eigenvalue weighted by molar-refractivity contribution is -0.140. The molecule has 0 unspecified atom stereocenters. The fourth-order valence-corrected chi connectivity index (χ4v) is 2.86. The Kier molecular flexibility index (Phi) is 2.83. The third kappa shape index (κ3) is 2.12. The van der Waals surface area contributed by atoms with Crippen molar-refractivity contribution >= 4 is 0 Å². The van der Waals surface area contributed by atoms with Gasteiger partial charge in [0.05, 0.1) is 23.8 Å². The van der Waals surface area contributed by atoms with E-state index in [2.05, 4.69) is 5.32 Å². The first-order chi connectivity index (χ1) is 8.86. The lowest BCUT2D eigenvalue weighted by Crippen LogP contribution is -2.44. The van der Waals surface area contributed by atoms with Gasteiger partial charge in [0, 0.05) is 13.0 Å². The van der Waals surface area contributed by atoms with Crippen molar-refractivity contribution in [3.05, 3.63) is 34.6 Å². The van der Waals surface area contributed by atoms with Gasteiger partial charge in [-0.1, -0.05) is 0 Å². The summed E-state index contributed by atoms with van der Waals surface area (Å²) in [6.45, 7) is 2.51. The molecule has 1 saturated heterocycles. The molecule has 3 rings (SSSR count). The number of rotatable bonds is 0. The average Bonchev–Trinajstić information content (AvgIpc) is 2.63. The van der Waals surface area contributed by atoms with E-state index in [0.29, 0.717) is 24.1 Å². The second-order valence-corrected chi connectivity index (χ2v) is 5.10. The molecule has 0 spiro atoms. The molecule has 2 nitrogen and oxygen atoms in total. The van der Waals surface area contributed by atoms with Crippen molar-refractivity contribution in [3.63, 3.8) is 0 Å². The summed E-state index contributed by atoms with van der Waals surface area (Å²) in [5.41, 5.74) is -0.0920. The predicted octanol–water partition coefficient (Wildman–Crippen LogP) is 2.82. The van der Waals surface area contributed by atoms with Gasteiger partial charge in [0.15, 0.2) is 0 Å². The fraction of sp³-hybridized carbons (Fsp3) is 0.538. The highest BCUT2D eigenvalue weighted by Gasteiger charge is 2.41. The molecule has 1 heterocycles. The SMILES string of the molecule is C[C@@H]1CN[C@H]2c3cc(F)c(C(F)(F)F)cc3C[C@H]2O1. The summed E-state index contributed by atoms with van der Waals surface area (Å²) in [7, 11) is 0. The number of ether oxygens (including phenoxy) is 1. The minimum Gasteiger partial charge on any atom is -0.372 e. The average molecular weight is 275 g/mol. The summed E-state index contributed by atoms with van der Waals surface area (Å²) in [4.78, 5) is 0. The number of morpholine rings is 1. The second kappa shape index (κ2) is 4.18. The zero-order chi connectivity index (χ0) is 13.8. The lowest BCUT2D eigenvalue weighted by atomic mass is 10.0. The third-order valence-corrected chi connectivity index (χ3v) is 3.69. The molecule has 1 aromatic rings. The lowest BCUT2D eigenvalue weighted by Gasteiger charge is -2.32. The van der Waals surface area contributed by atoms with E-state index in [4.69, 9.17) is 4.74 Å². The monoisotopic (exact) mass is 275 g/mol. The summed E-state index contributed by atoms with van der Waals surface area (Å²) in [6.07, 6.45) is -4.46. The van der Waals surface area contributed by atoms with E-state index in [0.717, 1.165) is 12.1 Å². The Balaban J connectivity index is 2.00. The van der Waals surface area contributed by atoms with Crippen molar-refractivity contribution < 1.29 is 22.3 Å². The standard InChI is InChI=1S/C13H13F4NO/c1-6-5-18-12-8-4-10(14)9(13(15,16)17)2-7(8)3-11(12)19-6/h2,4,6,11-12,18H,3,5H2,1H3/t6-,11-,12+/m1/s1. The fourth-order valence-electron chi connectivity index (χ4n) is 2.86. The van der Waals surface area contributed by atoms with Gasteiger partial charge in [-0.2, -0.15) is 13.2 Å². The molecule has 0 amide bonds. The molecule has 0 aromatic heterocycles. The van der Waals surface area contributed by atoms with Crippen molar-refractivity contribution in [1.29, 1.82) is 0 Å². The van der Waals surface area contributed by atoms with Crippen LogP contribution in [0.15, 0.2) is 12.1 Å². The van der Waals surface area contributed by atoms with Crippen molar-refractivity contribution in [3.8, 4) is 0 Å². The predicted molar refractivity (Wildman–Crippen MR) is 60.2 cm³/mol. The molecule has 0 radical (unpaired) electrons. The molecule has 0 saturated carbocycles. The van der Waals surface area contributed by atoms with Crippen molar-refractivity contribution in [2.75, 3.05) is 6.54 Å². The van der Waals surface area contributed by atoms with E-state index >= 15 is 0 Å². The molecule has 1 fully saturated rings. The van der Waals surface area contributed by atoms with E-state index < -0.39 is 17.6 Å². The molecule has 19 heavy (non-hydrogen) atoms. The van der Waals surface area contributed by atoms with Gasteiger partial charge in [-0.15, -0.1) is 0 Å². The molecule has 1 aliphatic carbocycles. The smallest absolute Gasteiger partial charge is 0.372 e.